The number of carbonyl (C=O) groups is 2. The van der Waals surface area contributed by atoms with Gasteiger partial charge in [-0.2, -0.15) is 0 Å². The Morgan fingerprint density at radius 1 is 1.22 bits per heavy atom. The second kappa shape index (κ2) is 7.94. The lowest BCUT2D eigenvalue weighted by atomic mass is 10.1. The second-order valence-corrected chi connectivity index (χ2v) is 6.87. The predicted molar refractivity (Wildman–Crippen MR) is 106 cm³/mol. The van der Waals surface area contributed by atoms with E-state index in [1.165, 1.54) is 19.3 Å². The molecule has 0 aliphatic carbocycles. The molecule has 1 saturated heterocycles. The maximum atomic E-state index is 12.8. The first-order valence-corrected chi connectivity index (χ1v) is 9.22. The minimum Gasteiger partial charge on any atom is -0.503 e. The van der Waals surface area contributed by atoms with Crippen LogP contribution in [-0.2, 0) is 4.79 Å². The zero-order chi connectivity index (χ0) is 19.6. The Bertz CT molecular complexity index is 944. The number of phenolic OH excluding ortho intramolecular Hbond substituents is 1. The summed E-state index contributed by atoms with van der Waals surface area (Å²) in [4.78, 5) is 26.5. The number of imide groups is 1. The van der Waals surface area contributed by atoms with Crippen molar-refractivity contribution in [2.75, 3.05) is 18.6 Å². The predicted octanol–water partition coefficient (Wildman–Crippen LogP) is 4.69. The smallest absolute Gasteiger partial charge is 0.298 e. The molecule has 0 unspecified atom stereocenters. The van der Waals surface area contributed by atoms with Crippen LogP contribution < -0.4 is 14.4 Å². The van der Waals surface area contributed by atoms with Gasteiger partial charge in [-0.15, -0.1) is 0 Å². The van der Waals surface area contributed by atoms with Gasteiger partial charge in [0.25, 0.3) is 11.1 Å². The van der Waals surface area contributed by atoms with Crippen molar-refractivity contribution in [2.24, 2.45) is 0 Å². The Hall–Kier alpha value is -2.64. The molecule has 2 amide bonds. The molecule has 1 fully saturated rings. The van der Waals surface area contributed by atoms with Crippen LogP contribution in [0.2, 0.25) is 5.02 Å². The molecule has 3 rings (SSSR count). The van der Waals surface area contributed by atoms with E-state index in [-0.39, 0.29) is 21.4 Å². The number of thioether (sulfide) groups is 1. The third-order valence-corrected chi connectivity index (χ3v) is 4.93. The first kappa shape index (κ1) is 19.1. The Morgan fingerprint density at radius 2 is 1.96 bits per heavy atom. The van der Waals surface area contributed by atoms with Crippen molar-refractivity contribution >= 4 is 46.3 Å². The number of phenols is 1. The lowest BCUT2D eigenvalue weighted by Crippen LogP contribution is -2.28. The monoisotopic (exact) mass is 405 g/mol. The summed E-state index contributed by atoms with van der Waals surface area (Å²) in [5, 5.41) is 9.60. The lowest BCUT2D eigenvalue weighted by Gasteiger charge is -2.15. The minimum atomic E-state index is -0.461. The van der Waals surface area contributed by atoms with Crippen molar-refractivity contribution in [3.63, 3.8) is 0 Å². The van der Waals surface area contributed by atoms with Crippen LogP contribution in [-0.4, -0.2) is 30.0 Å². The number of aromatic hydroxyl groups is 1. The molecule has 0 bridgehead atoms. The first-order chi connectivity index (χ1) is 13.0. The minimum absolute atomic E-state index is 0.0937. The molecule has 1 aliphatic heterocycles. The largest absolute Gasteiger partial charge is 0.503 e. The zero-order valence-corrected chi connectivity index (χ0v) is 16.1. The number of hydrogen-bond acceptors (Lipinski definition) is 6. The number of carbonyl (C=O) groups excluding carboxylic acids is 2. The van der Waals surface area contributed by atoms with Crippen molar-refractivity contribution in [1.29, 1.82) is 0 Å². The summed E-state index contributed by atoms with van der Waals surface area (Å²) in [6.07, 6.45) is 1.54. The molecule has 0 atom stereocenters. The first-order valence-electron chi connectivity index (χ1n) is 8.02. The van der Waals surface area contributed by atoms with E-state index in [2.05, 4.69) is 0 Å². The van der Waals surface area contributed by atoms with E-state index in [1.807, 2.05) is 0 Å². The van der Waals surface area contributed by atoms with Crippen LogP contribution >= 0.6 is 23.4 Å². The molecule has 2 aromatic carbocycles. The van der Waals surface area contributed by atoms with E-state index in [0.717, 1.165) is 16.7 Å². The maximum absolute atomic E-state index is 12.8. The van der Waals surface area contributed by atoms with E-state index in [1.54, 1.807) is 37.3 Å². The van der Waals surface area contributed by atoms with Crippen LogP contribution in [0.4, 0.5) is 10.5 Å². The van der Waals surface area contributed by atoms with Gasteiger partial charge in [0.2, 0.25) is 0 Å². The molecule has 0 radical (unpaired) electrons. The van der Waals surface area contributed by atoms with Gasteiger partial charge >= 0.3 is 0 Å². The summed E-state index contributed by atoms with van der Waals surface area (Å²) in [6, 6.07) is 9.85. The quantitative estimate of drug-likeness (QED) is 0.727. The van der Waals surface area contributed by atoms with E-state index < -0.39 is 11.1 Å². The summed E-state index contributed by atoms with van der Waals surface area (Å²) in [6.45, 7) is 2.12. The lowest BCUT2D eigenvalue weighted by molar-refractivity contribution is -0.113. The summed E-state index contributed by atoms with van der Waals surface area (Å²) >= 11 is 6.84. The Morgan fingerprint density at radius 3 is 2.67 bits per heavy atom. The van der Waals surface area contributed by atoms with E-state index in [4.69, 9.17) is 21.1 Å². The third kappa shape index (κ3) is 3.74. The average Bonchev–Trinajstić information content (AvgIpc) is 2.92. The molecule has 0 spiro atoms. The van der Waals surface area contributed by atoms with Crippen LogP contribution in [0, 0.1) is 0 Å². The van der Waals surface area contributed by atoms with Gasteiger partial charge in [0.15, 0.2) is 11.5 Å². The van der Waals surface area contributed by atoms with Crippen LogP contribution in [0.1, 0.15) is 12.5 Å². The van der Waals surface area contributed by atoms with Crippen LogP contribution in [0.3, 0.4) is 0 Å². The highest BCUT2D eigenvalue weighted by Gasteiger charge is 2.37. The maximum Gasteiger partial charge on any atom is 0.298 e. The molecule has 1 aliphatic rings. The number of anilines is 1. The summed E-state index contributed by atoms with van der Waals surface area (Å²) in [7, 11) is 1.47. The van der Waals surface area contributed by atoms with Gasteiger partial charge in [-0.25, -0.2) is 4.90 Å². The third-order valence-electron chi connectivity index (χ3n) is 3.77. The van der Waals surface area contributed by atoms with Crippen LogP contribution in [0.25, 0.3) is 6.08 Å². The molecule has 2 aromatic rings. The van der Waals surface area contributed by atoms with E-state index in [9.17, 15) is 14.7 Å². The topological polar surface area (TPSA) is 76.1 Å². The van der Waals surface area contributed by atoms with Gasteiger partial charge < -0.3 is 14.6 Å². The number of para-hydroxylation sites is 2. The molecule has 1 N–H and O–H groups in total. The fourth-order valence-corrected chi connectivity index (χ4v) is 3.64. The van der Waals surface area contributed by atoms with Gasteiger partial charge in [0.1, 0.15) is 5.75 Å². The highest BCUT2D eigenvalue weighted by Crippen LogP contribution is 2.41. The van der Waals surface area contributed by atoms with Gasteiger partial charge in [-0.3, -0.25) is 9.59 Å². The highest BCUT2D eigenvalue weighted by molar-refractivity contribution is 8.19. The molecule has 1 heterocycles. The second-order valence-electron chi connectivity index (χ2n) is 5.47. The fraction of sp³-hybridized carbons (Fsp3) is 0.158. The molecule has 0 aromatic heterocycles. The number of methoxy groups -OCH3 is 1. The molecule has 8 heteroatoms. The van der Waals surface area contributed by atoms with Crippen molar-refractivity contribution in [1.82, 2.24) is 0 Å². The molecule has 6 nitrogen and oxygen atoms in total. The number of rotatable bonds is 5. The summed E-state index contributed by atoms with van der Waals surface area (Å²) in [5.41, 5.74) is 0.913. The van der Waals surface area contributed by atoms with E-state index >= 15 is 0 Å². The number of ether oxygens (including phenoxy) is 2. The Labute approximate surface area is 165 Å². The number of hydrogen-bond donors (Lipinski definition) is 1. The summed E-state index contributed by atoms with van der Waals surface area (Å²) < 4.78 is 10.6. The summed E-state index contributed by atoms with van der Waals surface area (Å²) in [5.74, 6) is 0.00187. The van der Waals surface area contributed by atoms with Crippen molar-refractivity contribution in [2.45, 2.75) is 6.92 Å². The fourth-order valence-electron chi connectivity index (χ4n) is 2.58. The SMILES string of the molecule is CCOc1cc(/C=C2\SC(=O)N(c3ccccc3OC)C2=O)cc(Cl)c1O. The van der Waals surface area contributed by atoms with Gasteiger partial charge in [0, 0.05) is 0 Å². The van der Waals surface area contributed by atoms with Gasteiger partial charge in [-0.1, -0.05) is 23.7 Å². The Kier molecular flexibility index (Phi) is 5.62. The van der Waals surface area contributed by atoms with Crippen LogP contribution in [0.5, 0.6) is 17.2 Å². The molecular weight excluding hydrogens is 390 g/mol. The average molecular weight is 406 g/mol. The Balaban J connectivity index is 1.98. The van der Waals surface area contributed by atoms with Gasteiger partial charge in [0.05, 0.1) is 29.3 Å². The molecule has 0 saturated carbocycles. The highest BCUT2D eigenvalue weighted by atomic mass is 35.5. The van der Waals surface area contributed by atoms with Crippen molar-refractivity contribution in [3.8, 4) is 17.2 Å². The standard InChI is InChI=1S/C19H16ClNO5S/c1-3-26-15-9-11(8-12(20)17(15)22)10-16-18(23)21(19(24)27-16)13-6-4-5-7-14(13)25-2/h4-10,22H,3H2,1-2H3/b16-10-. The molecule has 140 valence electrons. The number of nitrogens with zero attached hydrogens (tertiary/aromatic N) is 1. The zero-order valence-electron chi connectivity index (χ0n) is 14.6. The number of benzene rings is 2. The number of amides is 2. The number of halogens is 1. The normalized spacial score (nSPS) is 15.5. The molecular formula is C19H16ClNO5S. The van der Waals surface area contributed by atoms with Crippen molar-refractivity contribution in [3.05, 3.63) is 51.9 Å². The van der Waals surface area contributed by atoms with E-state index in [0.29, 0.717) is 23.6 Å². The van der Waals surface area contributed by atoms with Crippen molar-refractivity contribution < 1.29 is 24.2 Å². The van der Waals surface area contributed by atoms with Crippen LogP contribution in [0.15, 0.2) is 41.3 Å². The van der Waals surface area contributed by atoms with Gasteiger partial charge in [-0.05, 0) is 54.6 Å². The molecule has 27 heavy (non-hydrogen) atoms.